The Bertz CT molecular complexity index is 699. The van der Waals surface area contributed by atoms with E-state index < -0.39 is 0 Å². The Balaban J connectivity index is 1.57. The van der Waals surface area contributed by atoms with E-state index in [2.05, 4.69) is 12.2 Å². The van der Waals surface area contributed by atoms with Crippen molar-refractivity contribution in [1.29, 1.82) is 0 Å². The molecule has 0 radical (unpaired) electrons. The molecule has 2 amide bonds. The van der Waals surface area contributed by atoms with Crippen LogP contribution in [0.15, 0.2) is 30.4 Å². The van der Waals surface area contributed by atoms with E-state index in [9.17, 15) is 9.59 Å². The van der Waals surface area contributed by atoms with Gasteiger partial charge in [0.05, 0.1) is 10.6 Å². The van der Waals surface area contributed by atoms with Gasteiger partial charge in [0, 0.05) is 31.7 Å². The molecule has 1 aromatic carbocycles. The molecule has 1 aliphatic carbocycles. The number of carbonyl (C=O) groups is 2. The number of allylic oxidation sites excluding steroid dienone is 2. The molecule has 0 unspecified atom stereocenters. The molecule has 2 aliphatic heterocycles. The van der Waals surface area contributed by atoms with Crippen LogP contribution in [0.1, 0.15) is 36.0 Å². The van der Waals surface area contributed by atoms with Crippen LogP contribution >= 0.6 is 11.6 Å². The predicted molar refractivity (Wildman–Crippen MR) is 94.3 cm³/mol. The minimum absolute atomic E-state index is 0.0112. The molecule has 0 bridgehead atoms. The van der Waals surface area contributed by atoms with Crippen molar-refractivity contribution in [3.8, 4) is 0 Å². The largest absolute Gasteiger partial charge is 0.338 e. The van der Waals surface area contributed by atoms with Gasteiger partial charge in [0.1, 0.15) is 0 Å². The molecule has 4 nitrogen and oxygen atoms in total. The van der Waals surface area contributed by atoms with Crippen LogP contribution in [0.25, 0.3) is 0 Å². The first-order chi connectivity index (χ1) is 11.6. The first-order valence-corrected chi connectivity index (χ1v) is 9.05. The highest BCUT2D eigenvalue weighted by molar-refractivity contribution is 6.34. The van der Waals surface area contributed by atoms with Crippen molar-refractivity contribution in [2.75, 3.05) is 24.5 Å². The molecule has 2 heterocycles. The number of likely N-dealkylation sites (tertiary alicyclic amines) is 1. The minimum Gasteiger partial charge on any atom is -0.338 e. The van der Waals surface area contributed by atoms with Crippen molar-refractivity contribution in [1.82, 2.24) is 4.90 Å². The molecular formula is C19H21ClN2O2. The highest BCUT2D eigenvalue weighted by Crippen LogP contribution is 2.35. The summed E-state index contributed by atoms with van der Waals surface area (Å²) in [7, 11) is 0. The van der Waals surface area contributed by atoms with Gasteiger partial charge in [-0.25, -0.2) is 0 Å². The van der Waals surface area contributed by atoms with Gasteiger partial charge in [-0.2, -0.15) is 0 Å². The Kier molecular flexibility index (Phi) is 4.09. The number of hydrogen-bond donors (Lipinski definition) is 0. The van der Waals surface area contributed by atoms with Gasteiger partial charge >= 0.3 is 0 Å². The fourth-order valence-corrected chi connectivity index (χ4v) is 4.32. The third kappa shape index (κ3) is 2.73. The zero-order valence-corrected chi connectivity index (χ0v) is 14.3. The van der Waals surface area contributed by atoms with Gasteiger partial charge in [0.25, 0.3) is 5.91 Å². The maximum Gasteiger partial charge on any atom is 0.255 e. The van der Waals surface area contributed by atoms with Crippen LogP contribution in [0.3, 0.4) is 0 Å². The van der Waals surface area contributed by atoms with Crippen molar-refractivity contribution >= 4 is 29.1 Å². The number of rotatable bonds is 2. The van der Waals surface area contributed by atoms with Crippen LogP contribution in [0.5, 0.6) is 0 Å². The monoisotopic (exact) mass is 344 g/mol. The standard InChI is InChI=1S/C19H21ClN2O2/c20-17-8-7-15(22-9-3-6-18(22)23)10-16(17)19(24)21-11-13-4-1-2-5-14(13)12-21/h1-2,7-8,10,13-14H,3-6,9,11-12H2/t13-,14+. The molecule has 4 rings (SSSR count). The van der Waals surface area contributed by atoms with Gasteiger partial charge < -0.3 is 9.80 Å². The Morgan fingerprint density at radius 1 is 1.12 bits per heavy atom. The average Bonchev–Trinajstić information content (AvgIpc) is 3.20. The van der Waals surface area contributed by atoms with Crippen LogP contribution < -0.4 is 4.90 Å². The summed E-state index contributed by atoms with van der Waals surface area (Å²) in [5.74, 6) is 1.25. The van der Waals surface area contributed by atoms with Crippen LogP contribution in [0.2, 0.25) is 5.02 Å². The van der Waals surface area contributed by atoms with Crippen molar-refractivity contribution < 1.29 is 9.59 Å². The Morgan fingerprint density at radius 2 is 1.83 bits per heavy atom. The highest BCUT2D eigenvalue weighted by atomic mass is 35.5. The van der Waals surface area contributed by atoms with Gasteiger partial charge in [0.15, 0.2) is 0 Å². The fourth-order valence-electron chi connectivity index (χ4n) is 4.12. The highest BCUT2D eigenvalue weighted by Gasteiger charge is 2.36. The number of anilines is 1. The first-order valence-electron chi connectivity index (χ1n) is 8.67. The summed E-state index contributed by atoms with van der Waals surface area (Å²) in [6, 6.07) is 5.35. The summed E-state index contributed by atoms with van der Waals surface area (Å²) in [6.07, 6.45) is 8.01. The Hall–Kier alpha value is -1.81. The van der Waals surface area contributed by atoms with Crippen molar-refractivity contribution in [2.24, 2.45) is 11.8 Å². The number of fused-ring (bicyclic) bond motifs is 1. The summed E-state index contributed by atoms with van der Waals surface area (Å²) in [5, 5.41) is 0.461. The second-order valence-electron chi connectivity index (χ2n) is 6.99. The Labute approximate surface area is 147 Å². The van der Waals surface area contributed by atoms with Gasteiger partial charge in [0.2, 0.25) is 5.91 Å². The van der Waals surface area contributed by atoms with E-state index in [1.807, 2.05) is 11.0 Å². The maximum atomic E-state index is 13.0. The number of benzene rings is 1. The van der Waals surface area contributed by atoms with E-state index in [0.29, 0.717) is 35.4 Å². The second-order valence-corrected chi connectivity index (χ2v) is 7.39. The lowest BCUT2D eigenvalue weighted by Gasteiger charge is -2.20. The second kappa shape index (κ2) is 6.25. The van der Waals surface area contributed by atoms with Gasteiger partial charge in [-0.3, -0.25) is 9.59 Å². The third-order valence-corrected chi connectivity index (χ3v) is 5.80. The zero-order valence-electron chi connectivity index (χ0n) is 13.6. The topological polar surface area (TPSA) is 40.6 Å². The van der Waals surface area contributed by atoms with E-state index in [1.54, 1.807) is 17.0 Å². The molecule has 3 aliphatic rings. The number of amides is 2. The number of hydrogen-bond acceptors (Lipinski definition) is 2. The first kappa shape index (κ1) is 15.7. The lowest BCUT2D eigenvalue weighted by molar-refractivity contribution is -0.117. The fraction of sp³-hybridized carbons (Fsp3) is 0.474. The molecule has 2 atom stereocenters. The van der Waals surface area contributed by atoms with E-state index in [-0.39, 0.29) is 11.8 Å². The van der Waals surface area contributed by atoms with E-state index >= 15 is 0 Å². The Morgan fingerprint density at radius 3 is 2.46 bits per heavy atom. The molecule has 0 spiro atoms. The van der Waals surface area contributed by atoms with E-state index in [0.717, 1.165) is 38.0 Å². The zero-order chi connectivity index (χ0) is 16.7. The molecule has 2 saturated heterocycles. The normalized spacial score (nSPS) is 26.1. The summed E-state index contributed by atoms with van der Waals surface area (Å²) in [6.45, 7) is 2.32. The van der Waals surface area contributed by atoms with Gasteiger partial charge in [-0.05, 0) is 49.3 Å². The quantitative estimate of drug-likeness (QED) is 0.770. The molecule has 24 heavy (non-hydrogen) atoms. The van der Waals surface area contributed by atoms with Crippen LogP contribution in [0, 0.1) is 11.8 Å². The molecule has 0 aromatic heterocycles. The van der Waals surface area contributed by atoms with E-state index in [1.165, 1.54) is 0 Å². The lowest BCUT2D eigenvalue weighted by Crippen LogP contribution is -2.30. The number of nitrogens with zero attached hydrogens (tertiary/aromatic N) is 2. The molecule has 0 N–H and O–H groups in total. The van der Waals surface area contributed by atoms with Crippen molar-refractivity contribution in [3.63, 3.8) is 0 Å². The molecule has 2 fully saturated rings. The molecule has 0 saturated carbocycles. The smallest absolute Gasteiger partial charge is 0.255 e. The molecule has 5 heteroatoms. The molecule has 126 valence electrons. The third-order valence-electron chi connectivity index (χ3n) is 5.47. The lowest BCUT2D eigenvalue weighted by atomic mass is 9.86. The van der Waals surface area contributed by atoms with Gasteiger partial charge in [-0.1, -0.05) is 23.8 Å². The molecular weight excluding hydrogens is 324 g/mol. The van der Waals surface area contributed by atoms with Crippen LogP contribution in [-0.2, 0) is 4.79 Å². The SMILES string of the molecule is O=C(c1cc(N2CCCC2=O)ccc1Cl)N1C[C@H]2CC=CC[C@H]2C1. The van der Waals surface area contributed by atoms with Gasteiger partial charge in [-0.15, -0.1) is 0 Å². The van der Waals surface area contributed by atoms with Crippen molar-refractivity contribution in [2.45, 2.75) is 25.7 Å². The minimum atomic E-state index is -0.0112. The average molecular weight is 345 g/mol. The van der Waals surface area contributed by atoms with Crippen LogP contribution in [-0.4, -0.2) is 36.3 Å². The maximum absolute atomic E-state index is 13.0. The summed E-state index contributed by atoms with van der Waals surface area (Å²) in [4.78, 5) is 28.6. The summed E-state index contributed by atoms with van der Waals surface area (Å²) >= 11 is 6.30. The van der Waals surface area contributed by atoms with Crippen LogP contribution in [0.4, 0.5) is 5.69 Å². The van der Waals surface area contributed by atoms with Crippen molar-refractivity contribution in [3.05, 3.63) is 40.9 Å². The number of halogens is 1. The summed E-state index contributed by atoms with van der Waals surface area (Å²) in [5.41, 5.74) is 1.30. The predicted octanol–water partition coefficient (Wildman–Crippen LogP) is 3.51. The number of carbonyl (C=O) groups excluding carboxylic acids is 2. The van der Waals surface area contributed by atoms with E-state index in [4.69, 9.17) is 11.6 Å². The summed E-state index contributed by atoms with van der Waals surface area (Å²) < 4.78 is 0. The molecule has 1 aromatic rings.